The van der Waals surface area contributed by atoms with Crippen molar-refractivity contribution in [3.8, 4) is 0 Å². The molecule has 7 nitrogen and oxygen atoms in total. The summed E-state index contributed by atoms with van der Waals surface area (Å²) in [6.45, 7) is 1.92. The van der Waals surface area contributed by atoms with Crippen molar-refractivity contribution < 1.29 is 18.0 Å². The first-order valence-electron chi connectivity index (χ1n) is 12.9. The quantitative estimate of drug-likeness (QED) is 0.158. The molecule has 3 rings (SSSR count). The maximum absolute atomic E-state index is 14.1. The Morgan fingerprint density at radius 1 is 0.927 bits per heavy atom. The van der Waals surface area contributed by atoms with Gasteiger partial charge in [0.05, 0.1) is 27.0 Å². The minimum absolute atomic E-state index is 0.00586. The second-order valence-electron chi connectivity index (χ2n) is 9.49. The van der Waals surface area contributed by atoms with Crippen LogP contribution in [0.15, 0.2) is 71.2 Å². The Morgan fingerprint density at radius 2 is 1.59 bits per heavy atom. The normalized spacial score (nSPS) is 12.0. The number of nitrogens with one attached hydrogen (secondary N) is 1. The Labute approximate surface area is 264 Å². The molecule has 0 aliphatic heterocycles. The number of anilines is 1. The Kier molecular flexibility index (Phi) is 12.4. The molecule has 0 radical (unpaired) electrons. The van der Waals surface area contributed by atoms with E-state index in [4.69, 9.17) is 34.8 Å². The Balaban J connectivity index is 2.07. The van der Waals surface area contributed by atoms with E-state index in [9.17, 15) is 18.0 Å². The highest BCUT2D eigenvalue weighted by molar-refractivity contribution is 9.10. The van der Waals surface area contributed by atoms with Gasteiger partial charge < -0.3 is 10.2 Å². The highest BCUT2D eigenvalue weighted by Gasteiger charge is 2.33. The number of carbonyl (C=O) groups excluding carboxylic acids is 2. The summed E-state index contributed by atoms with van der Waals surface area (Å²) in [5.74, 6) is -0.923. The predicted molar refractivity (Wildman–Crippen MR) is 170 cm³/mol. The minimum Gasteiger partial charge on any atom is -0.354 e. The van der Waals surface area contributed by atoms with Crippen molar-refractivity contribution in [3.63, 3.8) is 0 Å². The summed E-state index contributed by atoms with van der Waals surface area (Å²) in [7, 11) is -4.01. The fourth-order valence-electron chi connectivity index (χ4n) is 4.19. The van der Waals surface area contributed by atoms with Gasteiger partial charge in [-0.05, 0) is 41.8 Å². The molecule has 3 aromatic rings. The van der Waals surface area contributed by atoms with Crippen molar-refractivity contribution >= 4 is 78.3 Å². The monoisotopic (exact) mass is 701 g/mol. The van der Waals surface area contributed by atoms with Crippen molar-refractivity contribution in [1.29, 1.82) is 0 Å². The van der Waals surface area contributed by atoms with Gasteiger partial charge in [0, 0.05) is 24.0 Å². The molecule has 0 heterocycles. The molecule has 0 saturated carbocycles. The van der Waals surface area contributed by atoms with Gasteiger partial charge >= 0.3 is 0 Å². The molecule has 0 fully saturated rings. The maximum Gasteiger partial charge on any atom is 0.244 e. The molecule has 3 aromatic carbocycles. The highest BCUT2D eigenvalue weighted by Crippen LogP contribution is 2.35. The standard InChI is InChI=1S/C29H31BrCl3N3O4S/c1-3-4-13-34-29(38)27(15-20-9-6-5-7-10-20)35(18-21-11-8-12-22(30)14-21)28(37)19-36(41(2,39)40)26-17-24(32)23(31)16-25(26)33/h5-12,14,16-17,27H,3-4,13,15,18-19H2,1-2H3,(H,34,38)/t27-/m1/s1. The zero-order chi connectivity index (χ0) is 30.2. The summed E-state index contributed by atoms with van der Waals surface area (Å²) in [5.41, 5.74) is 1.61. The first-order valence-corrected chi connectivity index (χ1v) is 16.7. The van der Waals surface area contributed by atoms with E-state index >= 15 is 0 Å². The zero-order valence-electron chi connectivity index (χ0n) is 22.6. The molecule has 220 valence electrons. The van der Waals surface area contributed by atoms with Crippen LogP contribution in [0.1, 0.15) is 30.9 Å². The lowest BCUT2D eigenvalue weighted by Crippen LogP contribution is -2.53. The molecule has 2 amide bonds. The second kappa shape index (κ2) is 15.3. The third-order valence-corrected chi connectivity index (χ3v) is 8.92. The smallest absolute Gasteiger partial charge is 0.244 e. The van der Waals surface area contributed by atoms with Crippen LogP contribution in [0.25, 0.3) is 0 Å². The second-order valence-corrected chi connectivity index (χ2v) is 13.5. The van der Waals surface area contributed by atoms with E-state index in [0.29, 0.717) is 6.54 Å². The van der Waals surface area contributed by atoms with Crippen molar-refractivity contribution in [2.45, 2.75) is 38.8 Å². The average molecular weight is 704 g/mol. The third-order valence-electron chi connectivity index (χ3n) is 6.28. The van der Waals surface area contributed by atoms with E-state index in [1.807, 2.05) is 61.5 Å². The van der Waals surface area contributed by atoms with Gasteiger partial charge in [0.1, 0.15) is 12.6 Å². The van der Waals surface area contributed by atoms with Crippen LogP contribution >= 0.6 is 50.7 Å². The molecule has 0 aliphatic rings. The topological polar surface area (TPSA) is 86.8 Å². The summed E-state index contributed by atoms with van der Waals surface area (Å²) in [4.78, 5) is 29.1. The molecule has 0 unspecified atom stereocenters. The number of unbranched alkanes of at least 4 members (excludes halogenated alkanes) is 1. The Hall–Kier alpha value is -2.30. The van der Waals surface area contributed by atoms with Gasteiger partial charge in [-0.2, -0.15) is 0 Å². The van der Waals surface area contributed by atoms with E-state index in [1.165, 1.54) is 17.0 Å². The fraction of sp³-hybridized carbons (Fsp3) is 0.310. The van der Waals surface area contributed by atoms with Crippen molar-refractivity contribution in [2.75, 3.05) is 23.7 Å². The molecule has 0 bridgehead atoms. The van der Waals surface area contributed by atoms with Crippen molar-refractivity contribution in [1.82, 2.24) is 10.2 Å². The van der Waals surface area contributed by atoms with Gasteiger partial charge in [-0.25, -0.2) is 8.42 Å². The van der Waals surface area contributed by atoms with Gasteiger partial charge in [-0.3, -0.25) is 13.9 Å². The van der Waals surface area contributed by atoms with Crippen LogP contribution in [0.2, 0.25) is 15.1 Å². The van der Waals surface area contributed by atoms with Crippen LogP contribution in [0.5, 0.6) is 0 Å². The first kappa shape index (κ1) is 33.2. The van der Waals surface area contributed by atoms with E-state index in [1.54, 1.807) is 0 Å². The third kappa shape index (κ3) is 9.61. The maximum atomic E-state index is 14.1. The minimum atomic E-state index is -4.01. The SMILES string of the molecule is CCCCNC(=O)[C@@H](Cc1ccccc1)N(Cc1cccc(Br)c1)C(=O)CN(c1cc(Cl)c(Cl)cc1Cl)S(C)(=O)=O. The summed E-state index contributed by atoms with van der Waals surface area (Å²) in [6.07, 6.45) is 2.86. The number of benzene rings is 3. The van der Waals surface area contributed by atoms with E-state index in [-0.39, 0.29) is 39.6 Å². The van der Waals surface area contributed by atoms with Crippen LogP contribution < -0.4 is 9.62 Å². The van der Waals surface area contributed by atoms with Crippen LogP contribution in [0.4, 0.5) is 5.69 Å². The molecular formula is C29H31BrCl3N3O4S. The van der Waals surface area contributed by atoms with Crippen LogP contribution in [0, 0.1) is 0 Å². The molecule has 41 heavy (non-hydrogen) atoms. The van der Waals surface area contributed by atoms with Crippen LogP contribution in [-0.4, -0.2) is 50.5 Å². The lowest BCUT2D eigenvalue weighted by Gasteiger charge is -2.33. The molecule has 0 saturated heterocycles. The Bertz CT molecular complexity index is 1480. The van der Waals surface area contributed by atoms with Crippen LogP contribution in [-0.2, 0) is 32.6 Å². The molecule has 1 atom stereocenters. The average Bonchev–Trinajstić information content (AvgIpc) is 2.91. The number of nitrogens with zero attached hydrogens (tertiary/aromatic N) is 2. The summed E-state index contributed by atoms with van der Waals surface area (Å²) in [5, 5.41) is 3.18. The molecule has 0 aliphatic carbocycles. The molecular weight excluding hydrogens is 673 g/mol. The summed E-state index contributed by atoms with van der Waals surface area (Å²) < 4.78 is 27.6. The molecule has 1 N–H and O–H groups in total. The zero-order valence-corrected chi connectivity index (χ0v) is 27.3. The summed E-state index contributed by atoms with van der Waals surface area (Å²) in [6, 6.07) is 18.4. The van der Waals surface area contributed by atoms with Gasteiger partial charge in [0.25, 0.3) is 0 Å². The molecule has 0 aromatic heterocycles. The number of halogens is 4. The number of hydrogen-bond donors (Lipinski definition) is 1. The van der Waals surface area contributed by atoms with E-state index < -0.39 is 28.5 Å². The number of carbonyl (C=O) groups is 2. The van der Waals surface area contributed by atoms with Gasteiger partial charge in [0.2, 0.25) is 21.8 Å². The highest BCUT2D eigenvalue weighted by atomic mass is 79.9. The Morgan fingerprint density at radius 3 is 2.22 bits per heavy atom. The van der Waals surface area contributed by atoms with Crippen LogP contribution in [0.3, 0.4) is 0 Å². The lowest BCUT2D eigenvalue weighted by molar-refractivity contribution is -0.140. The van der Waals surface area contributed by atoms with E-state index in [0.717, 1.165) is 39.0 Å². The van der Waals surface area contributed by atoms with Crippen molar-refractivity contribution in [2.24, 2.45) is 0 Å². The number of rotatable bonds is 13. The van der Waals surface area contributed by atoms with Gasteiger partial charge in [-0.1, -0.05) is 107 Å². The van der Waals surface area contributed by atoms with Gasteiger partial charge in [0.15, 0.2) is 0 Å². The molecule has 0 spiro atoms. The largest absolute Gasteiger partial charge is 0.354 e. The number of amides is 2. The first-order chi connectivity index (χ1) is 19.4. The number of sulfonamides is 1. The van der Waals surface area contributed by atoms with Gasteiger partial charge in [-0.15, -0.1) is 0 Å². The fourth-order valence-corrected chi connectivity index (χ4v) is 6.18. The summed E-state index contributed by atoms with van der Waals surface area (Å²) >= 11 is 22.1. The number of hydrogen-bond acceptors (Lipinski definition) is 4. The predicted octanol–water partition coefficient (Wildman–Crippen LogP) is 6.73. The lowest BCUT2D eigenvalue weighted by atomic mass is 10.0. The molecule has 12 heteroatoms. The van der Waals surface area contributed by atoms with E-state index in [2.05, 4.69) is 21.2 Å². The van der Waals surface area contributed by atoms with Crippen molar-refractivity contribution in [3.05, 3.63) is 97.4 Å².